The van der Waals surface area contributed by atoms with Crippen molar-refractivity contribution in [3.05, 3.63) is 0 Å². The van der Waals surface area contributed by atoms with E-state index in [2.05, 4.69) is 10.7 Å². The highest BCUT2D eigenvalue weighted by Gasteiger charge is 2.18. The van der Waals surface area contributed by atoms with Crippen molar-refractivity contribution in [3.63, 3.8) is 0 Å². The lowest BCUT2D eigenvalue weighted by Gasteiger charge is -2.08. The van der Waals surface area contributed by atoms with E-state index in [0.29, 0.717) is 6.42 Å². The van der Waals surface area contributed by atoms with Crippen molar-refractivity contribution in [2.75, 3.05) is 0 Å². The monoisotopic (exact) mass is 159 g/mol. The van der Waals surface area contributed by atoms with Crippen LogP contribution < -0.4 is 5.90 Å². The van der Waals surface area contributed by atoms with Crippen molar-refractivity contribution in [2.45, 2.75) is 26.7 Å². The summed E-state index contributed by atoms with van der Waals surface area (Å²) < 4.78 is 0. The van der Waals surface area contributed by atoms with Crippen LogP contribution in [0.5, 0.6) is 0 Å². The Morgan fingerprint density at radius 1 is 1.55 bits per heavy atom. The van der Waals surface area contributed by atoms with Crippen molar-refractivity contribution in [3.8, 4) is 0 Å². The van der Waals surface area contributed by atoms with Crippen molar-refractivity contribution in [1.29, 1.82) is 0 Å². The average molecular weight is 159 g/mol. The minimum absolute atomic E-state index is 0.0257. The maximum absolute atomic E-state index is 10.8. The van der Waals surface area contributed by atoms with Gasteiger partial charge in [-0.2, -0.15) is 5.90 Å². The van der Waals surface area contributed by atoms with Crippen LogP contribution in [0, 0.1) is 5.92 Å². The molecule has 64 valence electrons. The minimum Gasteiger partial charge on any atom is -0.373 e. The maximum atomic E-state index is 10.8. The number of Topliss-reactive ketones (excluding diaryl/α,β-unsaturated/α-hetero) is 1. The normalized spacial score (nSPS) is 12.3. The molecule has 0 aromatic rings. The van der Waals surface area contributed by atoms with Crippen LogP contribution in [0.25, 0.3) is 0 Å². The number of hydrogen-bond donors (Lipinski definition) is 1. The van der Waals surface area contributed by atoms with Crippen LogP contribution in [-0.2, 0) is 14.4 Å². The fourth-order valence-electron chi connectivity index (χ4n) is 0.838. The second kappa shape index (κ2) is 4.85. The highest BCUT2D eigenvalue weighted by molar-refractivity contribution is 5.82. The first kappa shape index (κ1) is 10.1. The Labute approximate surface area is 65.7 Å². The summed E-state index contributed by atoms with van der Waals surface area (Å²) in [5, 5.41) is 0. The number of hydrogen-bond acceptors (Lipinski definition) is 4. The Balaban J connectivity index is 3.94. The lowest BCUT2D eigenvalue weighted by atomic mass is 10.0. The van der Waals surface area contributed by atoms with E-state index < -0.39 is 5.97 Å². The Morgan fingerprint density at radius 3 is 2.36 bits per heavy atom. The summed E-state index contributed by atoms with van der Waals surface area (Å²) in [5.74, 6) is 3.75. The van der Waals surface area contributed by atoms with Crippen LogP contribution in [0.15, 0.2) is 0 Å². The van der Waals surface area contributed by atoms with Gasteiger partial charge in [-0.3, -0.25) is 4.79 Å². The molecular formula is C7H13NO3. The number of carbonyl (C=O) groups is 2. The van der Waals surface area contributed by atoms with Gasteiger partial charge in [0.15, 0.2) is 0 Å². The van der Waals surface area contributed by atoms with E-state index >= 15 is 0 Å². The zero-order valence-corrected chi connectivity index (χ0v) is 6.79. The van der Waals surface area contributed by atoms with E-state index in [0.717, 1.165) is 0 Å². The number of rotatable bonds is 4. The smallest absolute Gasteiger partial charge is 0.327 e. The van der Waals surface area contributed by atoms with E-state index in [1.807, 2.05) is 6.92 Å². The molecule has 4 heteroatoms. The van der Waals surface area contributed by atoms with Crippen LogP contribution in [0.3, 0.4) is 0 Å². The van der Waals surface area contributed by atoms with Gasteiger partial charge in [-0.1, -0.05) is 6.92 Å². The molecule has 11 heavy (non-hydrogen) atoms. The second-order valence-corrected chi connectivity index (χ2v) is 2.45. The fourth-order valence-corrected chi connectivity index (χ4v) is 0.838. The Kier molecular flexibility index (Phi) is 4.45. The van der Waals surface area contributed by atoms with Gasteiger partial charge in [0.2, 0.25) is 0 Å². The molecule has 0 rings (SSSR count). The molecule has 1 atom stereocenters. The van der Waals surface area contributed by atoms with Gasteiger partial charge in [0.05, 0.1) is 5.92 Å². The molecule has 0 aliphatic carbocycles. The second-order valence-electron chi connectivity index (χ2n) is 2.45. The zero-order valence-electron chi connectivity index (χ0n) is 6.79. The third-order valence-corrected chi connectivity index (χ3v) is 1.48. The van der Waals surface area contributed by atoms with Crippen molar-refractivity contribution >= 4 is 11.8 Å². The predicted octanol–water partition coefficient (Wildman–Crippen LogP) is 0.409. The molecule has 0 saturated heterocycles. The first-order chi connectivity index (χ1) is 5.11. The van der Waals surface area contributed by atoms with E-state index in [1.165, 1.54) is 6.92 Å². The molecule has 4 nitrogen and oxygen atoms in total. The van der Waals surface area contributed by atoms with Gasteiger partial charge in [0.25, 0.3) is 0 Å². The number of nitrogens with two attached hydrogens (primary N) is 1. The summed E-state index contributed by atoms with van der Waals surface area (Å²) >= 11 is 0. The first-order valence-electron chi connectivity index (χ1n) is 3.51. The van der Waals surface area contributed by atoms with Gasteiger partial charge in [0, 0.05) is 6.42 Å². The number of ketones is 1. The summed E-state index contributed by atoms with van der Waals surface area (Å²) in [4.78, 5) is 25.4. The van der Waals surface area contributed by atoms with Gasteiger partial charge in [-0.25, -0.2) is 0 Å². The van der Waals surface area contributed by atoms with Crippen LogP contribution in [0.2, 0.25) is 0 Å². The van der Waals surface area contributed by atoms with Crippen molar-refractivity contribution in [2.24, 2.45) is 11.8 Å². The highest BCUT2D eigenvalue weighted by Crippen LogP contribution is 2.09. The van der Waals surface area contributed by atoms with E-state index in [1.54, 1.807) is 0 Å². The minimum atomic E-state index is -0.511. The van der Waals surface area contributed by atoms with Gasteiger partial charge in [-0.05, 0) is 13.3 Å². The zero-order chi connectivity index (χ0) is 8.85. The molecule has 0 bridgehead atoms. The third-order valence-electron chi connectivity index (χ3n) is 1.48. The first-order valence-corrected chi connectivity index (χ1v) is 3.51. The summed E-state index contributed by atoms with van der Waals surface area (Å²) in [6, 6.07) is 0. The quantitative estimate of drug-likeness (QED) is 0.603. The number of carbonyl (C=O) groups excluding carboxylic acids is 2. The summed E-state index contributed by atoms with van der Waals surface area (Å²) in [6.45, 7) is 3.25. The van der Waals surface area contributed by atoms with E-state index in [4.69, 9.17) is 0 Å². The van der Waals surface area contributed by atoms with Crippen LogP contribution in [-0.4, -0.2) is 11.8 Å². The topological polar surface area (TPSA) is 69.4 Å². The van der Waals surface area contributed by atoms with Gasteiger partial charge < -0.3 is 9.63 Å². The molecule has 0 aromatic heterocycles. The largest absolute Gasteiger partial charge is 0.373 e. The van der Waals surface area contributed by atoms with Gasteiger partial charge in [-0.15, -0.1) is 0 Å². The van der Waals surface area contributed by atoms with Crippen LogP contribution in [0.4, 0.5) is 0 Å². The van der Waals surface area contributed by atoms with E-state index in [-0.39, 0.29) is 18.1 Å². The lowest BCUT2D eigenvalue weighted by molar-refractivity contribution is -0.150. The highest BCUT2D eigenvalue weighted by atomic mass is 16.7. The summed E-state index contributed by atoms with van der Waals surface area (Å²) in [6.07, 6.45) is 0.794. The molecule has 2 N–H and O–H groups in total. The molecule has 1 unspecified atom stereocenters. The predicted molar refractivity (Wildman–Crippen MR) is 39.4 cm³/mol. The maximum Gasteiger partial charge on any atom is 0.327 e. The average Bonchev–Trinajstić information content (AvgIpc) is 1.98. The molecule has 0 aliphatic heterocycles. The van der Waals surface area contributed by atoms with E-state index in [9.17, 15) is 9.59 Å². The summed E-state index contributed by atoms with van der Waals surface area (Å²) in [7, 11) is 0. The molecule has 0 spiro atoms. The third kappa shape index (κ3) is 3.72. The Hall–Kier alpha value is -0.900. The Morgan fingerprint density at radius 2 is 2.09 bits per heavy atom. The van der Waals surface area contributed by atoms with Crippen molar-refractivity contribution in [1.82, 2.24) is 0 Å². The molecule has 0 aliphatic rings. The van der Waals surface area contributed by atoms with Crippen molar-refractivity contribution < 1.29 is 14.4 Å². The lowest BCUT2D eigenvalue weighted by Crippen LogP contribution is -2.22. The molecule has 0 saturated carbocycles. The molecule has 0 amide bonds. The fraction of sp³-hybridized carbons (Fsp3) is 0.714. The van der Waals surface area contributed by atoms with Crippen LogP contribution in [0.1, 0.15) is 26.7 Å². The molecule has 0 heterocycles. The van der Waals surface area contributed by atoms with Crippen LogP contribution >= 0.6 is 0 Å². The SMILES string of the molecule is CCC(CC(C)=O)C(=O)ON. The summed E-state index contributed by atoms with van der Waals surface area (Å²) in [5.41, 5.74) is 0. The molecular weight excluding hydrogens is 146 g/mol. The van der Waals surface area contributed by atoms with Gasteiger partial charge in [0.1, 0.15) is 5.78 Å². The molecule has 0 aromatic carbocycles. The van der Waals surface area contributed by atoms with Gasteiger partial charge >= 0.3 is 5.97 Å². The molecule has 0 radical (unpaired) electrons. The standard InChI is InChI=1S/C7H13NO3/c1-3-6(4-5(2)9)7(10)11-8/h6H,3-4,8H2,1-2H3. The Bertz CT molecular complexity index is 156. The molecule has 0 fully saturated rings.